The average Bonchev–Trinajstić information content (AvgIpc) is 2.55. The van der Waals surface area contributed by atoms with Crippen LogP contribution in [0.15, 0.2) is 48.5 Å². The monoisotopic (exact) mass is 356 g/mol. The number of carboxylic acid groups (broad SMARTS) is 1. The molecule has 0 aliphatic carbocycles. The van der Waals surface area contributed by atoms with Gasteiger partial charge in [0.15, 0.2) is 0 Å². The summed E-state index contributed by atoms with van der Waals surface area (Å²) < 4.78 is 12.9. The van der Waals surface area contributed by atoms with Crippen molar-refractivity contribution in [1.82, 2.24) is 5.32 Å². The molecule has 1 atom stereocenters. The Kier molecular flexibility index (Phi) is 6.14. The van der Waals surface area contributed by atoms with Gasteiger partial charge in [-0.1, -0.05) is 57.2 Å². The van der Waals surface area contributed by atoms with E-state index in [1.165, 1.54) is 24.3 Å². The maximum absolute atomic E-state index is 12.9. The lowest BCUT2D eigenvalue weighted by molar-refractivity contribution is -0.306. The molecule has 0 fully saturated rings. The van der Waals surface area contributed by atoms with Crippen molar-refractivity contribution in [3.63, 3.8) is 0 Å². The van der Waals surface area contributed by atoms with E-state index in [1.807, 2.05) is 24.3 Å². The van der Waals surface area contributed by atoms with Crippen LogP contribution in [0, 0.1) is 5.82 Å². The van der Waals surface area contributed by atoms with E-state index in [0.717, 1.165) is 5.56 Å². The van der Waals surface area contributed by atoms with E-state index >= 15 is 0 Å². The summed E-state index contributed by atoms with van der Waals surface area (Å²) in [4.78, 5) is 23.4. The van der Waals surface area contributed by atoms with Crippen LogP contribution in [0.5, 0.6) is 0 Å². The molecular weight excluding hydrogens is 333 g/mol. The third-order valence-corrected chi connectivity index (χ3v) is 4.16. The predicted molar refractivity (Wildman–Crippen MR) is 95.8 cm³/mol. The molecule has 2 rings (SSSR count). The molecule has 26 heavy (non-hydrogen) atoms. The Morgan fingerprint density at radius 1 is 1.04 bits per heavy atom. The zero-order valence-electron chi connectivity index (χ0n) is 15.2. The van der Waals surface area contributed by atoms with Crippen LogP contribution in [0.2, 0.25) is 0 Å². The van der Waals surface area contributed by atoms with E-state index in [9.17, 15) is 19.1 Å². The highest BCUT2D eigenvalue weighted by Gasteiger charge is 2.18. The molecule has 0 radical (unpaired) electrons. The molecule has 0 aromatic heterocycles. The van der Waals surface area contributed by atoms with Crippen LogP contribution in [0.3, 0.4) is 0 Å². The number of amides is 1. The highest BCUT2D eigenvalue weighted by atomic mass is 19.1. The fraction of sp³-hybridized carbons (Fsp3) is 0.333. The summed E-state index contributed by atoms with van der Waals surface area (Å²) in [5.41, 5.74) is 2.45. The molecule has 0 saturated carbocycles. The van der Waals surface area contributed by atoms with Crippen molar-refractivity contribution in [2.24, 2.45) is 0 Å². The lowest BCUT2D eigenvalue weighted by Gasteiger charge is -2.23. The molecule has 2 aromatic carbocycles. The van der Waals surface area contributed by atoms with Crippen molar-refractivity contribution < 1.29 is 19.1 Å². The smallest absolute Gasteiger partial charge is 0.224 e. The highest BCUT2D eigenvalue weighted by molar-refractivity contribution is 5.79. The first-order valence-corrected chi connectivity index (χ1v) is 8.49. The fourth-order valence-electron chi connectivity index (χ4n) is 2.67. The summed E-state index contributed by atoms with van der Waals surface area (Å²) in [5, 5.41) is 13.8. The van der Waals surface area contributed by atoms with Crippen LogP contribution < -0.4 is 10.4 Å². The Morgan fingerprint density at radius 2 is 1.62 bits per heavy atom. The number of benzene rings is 2. The SMILES string of the molecule is CC(C)(C)c1ccc([C@@H](CC(=O)[O-])NC(=O)Cc2ccc(F)cc2)cc1. The van der Waals surface area contributed by atoms with Crippen LogP contribution in [0.25, 0.3) is 0 Å². The van der Waals surface area contributed by atoms with Gasteiger partial charge in [0, 0.05) is 12.4 Å². The quantitative estimate of drug-likeness (QED) is 0.865. The summed E-state index contributed by atoms with van der Waals surface area (Å²) >= 11 is 0. The van der Waals surface area contributed by atoms with E-state index in [1.54, 1.807) is 0 Å². The molecule has 138 valence electrons. The molecule has 2 aromatic rings. The van der Waals surface area contributed by atoms with Crippen molar-refractivity contribution in [3.05, 3.63) is 71.0 Å². The zero-order valence-corrected chi connectivity index (χ0v) is 15.2. The molecule has 0 bridgehead atoms. The summed E-state index contributed by atoms with van der Waals surface area (Å²) in [5.74, 6) is -1.94. The number of halogens is 1. The number of carbonyl (C=O) groups excluding carboxylic acids is 2. The third-order valence-electron chi connectivity index (χ3n) is 4.16. The second-order valence-corrected chi connectivity index (χ2v) is 7.37. The van der Waals surface area contributed by atoms with E-state index in [4.69, 9.17) is 0 Å². The first-order valence-electron chi connectivity index (χ1n) is 8.49. The Morgan fingerprint density at radius 3 is 2.12 bits per heavy atom. The molecule has 0 saturated heterocycles. The summed E-state index contributed by atoms with van der Waals surface area (Å²) in [6.45, 7) is 6.27. The molecule has 1 amide bonds. The maximum atomic E-state index is 12.9. The van der Waals surface area contributed by atoms with Crippen LogP contribution in [-0.2, 0) is 21.4 Å². The number of hydrogen-bond donors (Lipinski definition) is 1. The zero-order chi connectivity index (χ0) is 19.3. The number of rotatable bonds is 6. The van der Waals surface area contributed by atoms with Gasteiger partial charge in [0.05, 0.1) is 12.5 Å². The Labute approximate surface area is 153 Å². The van der Waals surface area contributed by atoms with Gasteiger partial charge >= 0.3 is 0 Å². The van der Waals surface area contributed by atoms with Gasteiger partial charge < -0.3 is 15.2 Å². The lowest BCUT2D eigenvalue weighted by atomic mass is 9.86. The maximum Gasteiger partial charge on any atom is 0.224 e. The standard InChI is InChI=1S/C21H24FNO3/c1-21(2,3)16-8-6-15(7-9-16)18(13-20(25)26)23-19(24)12-14-4-10-17(22)11-5-14/h4-11,18H,12-13H2,1-3H3,(H,23,24)(H,25,26)/p-1/t18-/m1/s1. The third kappa shape index (κ3) is 5.69. The van der Waals surface area contributed by atoms with Crippen molar-refractivity contribution in [2.45, 2.75) is 45.1 Å². The molecule has 0 heterocycles. The van der Waals surface area contributed by atoms with Gasteiger partial charge in [-0.05, 0) is 34.2 Å². The number of hydrogen-bond acceptors (Lipinski definition) is 3. The van der Waals surface area contributed by atoms with E-state index in [0.29, 0.717) is 11.1 Å². The molecular formula is C21H23FNO3-. The van der Waals surface area contributed by atoms with Gasteiger partial charge in [0.1, 0.15) is 5.82 Å². The predicted octanol–water partition coefficient (Wildman–Crippen LogP) is 2.66. The second kappa shape index (κ2) is 8.13. The molecule has 0 unspecified atom stereocenters. The van der Waals surface area contributed by atoms with Crippen molar-refractivity contribution in [2.75, 3.05) is 0 Å². The van der Waals surface area contributed by atoms with Crippen molar-refractivity contribution in [3.8, 4) is 0 Å². The topological polar surface area (TPSA) is 69.2 Å². The number of carbonyl (C=O) groups is 2. The Balaban J connectivity index is 2.12. The number of nitrogens with one attached hydrogen (secondary N) is 1. The van der Waals surface area contributed by atoms with Gasteiger partial charge in [-0.25, -0.2) is 4.39 Å². The lowest BCUT2D eigenvalue weighted by Crippen LogP contribution is -2.35. The summed E-state index contributed by atoms with van der Waals surface area (Å²) in [6, 6.07) is 12.5. The summed E-state index contributed by atoms with van der Waals surface area (Å²) in [6.07, 6.45) is -0.270. The van der Waals surface area contributed by atoms with Gasteiger partial charge in [-0.2, -0.15) is 0 Å². The minimum absolute atomic E-state index is 0.0196. The first-order chi connectivity index (χ1) is 12.1. The number of carboxylic acids is 1. The van der Waals surface area contributed by atoms with E-state index < -0.39 is 12.0 Å². The second-order valence-electron chi connectivity index (χ2n) is 7.37. The molecule has 4 nitrogen and oxygen atoms in total. The summed E-state index contributed by atoms with van der Waals surface area (Å²) in [7, 11) is 0. The average molecular weight is 356 g/mol. The molecule has 0 spiro atoms. The van der Waals surface area contributed by atoms with Gasteiger partial charge in [-0.15, -0.1) is 0 Å². The molecule has 0 aliphatic heterocycles. The van der Waals surface area contributed by atoms with Gasteiger partial charge in [0.2, 0.25) is 5.91 Å². The van der Waals surface area contributed by atoms with Gasteiger partial charge in [0.25, 0.3) is 0 Å². The van der Waals surface area contributed by atoms with Crippen LogP contribution in [-0.4, -0.2) is 11.9 Å². The molecule has 0 aliphatic rings. The number of aliphatic carboxylic acids is 1. The van der Waals surface area contributed by atoms with Gasteiger partial charge in [-0.3, -0.25) is 4.79 Å². The normalized spacial score (nSPS) is 12.5. The molecule has 1 N–H and O–H groups in total. The fourth-order valence-corrected chi connectivity index (χ4v) is 2.67. The highest BCUT2D eigenvalue weighted by Crippen LogP contribution is 2.25. The van der Waals surface area contributed by atoms with Crippen LogP contribution in [0.4, 0.5) is 4.39 Å². The minimum Gasteiger partial charge on any atom is -0.550 e. The van der Waals surface area contributed by atoms with Crippen molar-refractivity contribution >= 4 is 11.9 Å². The molecule has 5 heteroatoms. The van der Waals surface area contributed by atoms with Crippen LogP contribution in [0.1, 0.15) is 49.9 Å². The van der Waals surface area contributed by atoms with Crippen LogP contribution >= 0.6 is 0 Å². The first kappa shape index (κ1) is 19.6. The van der Waals surface area contributed by atoms with E-state index in [2.05, 4.69) is 26.1 Å². The Bertz CT molecular complexity index is 761. The minimum atomic E-state index is -1.24. The van der Waals surface area contributed by atoms with E-state index in [-0.39, 0.29) is 30.0 Å². The Hall–Kier alpha value is -2.69. The largest absolute Gasteiger partial charge is 0.550 e. The van der Waals surface area contributed by atoms with Crippen molar-refractivity contribution in [1.29, 1.82) is 0 Å².